The van der Waals surface area contributed by atoms with E-state index in [2.05, 4.69) is 5.32 Å². The second kappa shape index (κ2) is 7.30. The molecule has 0 unspecified atom stereocenters. The van der Waals surface area contributed by atoms with Gasteiger partial charge in [0.2, 0.25) is 5.91 Å². The Kier molecular flexibility index (Phi) is 5.41. The van der Waals surface area contributed by atoms with Crippen LogP contribution in [0.4, 0.5) is 5.69 Å². The highest BCUT2D eigenvalue weighted by molar-refractivity contribution is 5.94. The zero-order valence-electron chi connectivity index (χ0n) is 13.1. The first-order valence-corrected chi connectivity index (χ1v) is 7.35. The van der Waals surface area contributed by atoms with Crippen molar-refractivity contribution in [2.24, 2.45) is 5.92 Å². The minimum absolute atomic E-state index is 0.0818. The second-order valence-electron chi connectivity index (χ2n) is 5.47. The maximum Gasteiger partial charge on any atom is 0.230 e. The number of nitrogens with one attached hydrogen (secondary N) is 1. The minimum Gasteiger partial charge on any atom is -0.508 e. The summed E-state index contributed by atoms with van der Waals surface area (Å²) in [6, 6.07) is 2.66. The Hall–Kier alpha value is -2.31. The van der Waals surface area contributed by atoms with Gasteiger partial charge in [-0.05, 0) is 12.5 Å². The first-order valence-electron chi connectivity index (χ1n) is 7.35. The van der Waals surface area contributed by atoms with Crippen molar-refractivity contribution in [1.29, 1.82) is 0 Å². The third kappa shape index (κ3) is 3.91. The number of anilines is 1. The molecule has 0 saturated carbocycles. The third-order valence-electron chi connectivity index (χ3n) is 3.84. The highest BCUT2D eigenvalue weighted by Gasteiger charge is 2.24. The van der Waals surface area contributed by atoms with E-state index in [4.69, 9.17) is 4.74 Å². The summed E-state index contributed by atoms with van der Waals surface area (Å²) < 4.78 is 5.36. The summed E-state index contributed by atoms with van der Waals surface area (Å²) in [6.07, 6.45) is 5.75. The molecule has 2 rings (SSSR count). The number of carbonyl (C=O) groups excluding carboxylic acids is 1. The Morgan fingerprint density at radius 3 is 2.70 bits per heavy atom. The summed E-state index contributed by atoms with van der Waals surface area (Å²) in [7, 11) is 1.50. The molecule has 0 radical (unpaired) electrons. The van der Waals surface area contributed by atoms with Crippen molar-refractivity contribution >= 4 is 11.6 Å². The molecule has 0 spiro atoms. The van der Waals surface area contributed by atoms with Crippen LogP contribution in [-0.4, -0.2) is 34.4 Å². The third-order valence-corrected chi connectivity index (χ3v) is 3.84. The van der Waals surface area contributed by atoms with E-state index < -0.39 is 24.0 Å². The number of amides is 1. The van der Waals surface area contributed by atoms with Gasteiger partial charge in [0.25, 0.3) is 0 Å². The average molecular weight is 319 g/mol. The largest absolute Gasteiger partial charge is 0.508 e. The predicted octanol–water partition coefficient (Wildman–Crippen LogP) is 2.24. The Balaban J connectivity index is 2.50. The van der Waals surface area contributed by atoms with E-state index in [1.165, 1.54) is 25.3 Å². The van der Waals surface area contributed by atoms with Gasteiger partial charge in [0.15, 0.2) is 0 Å². The zero-order valence-corrected chi connectivity index (χ0v) is 13.1. The van der Waals surface area contributed by atoms with Gasteiger partial charge in [-0.25, -0.2) is 0 Å². The van der Waals surface area contributed by atoms with Gasteiger partial charge in [-0.1, -0.05) is 31.2 Å². The van der Waals surface area contributed by atoms with E-state index in [0.717, 1.165) is 0 Å². The number of allylic oxidation sites excluding steroid dienone is 2. The van der Waals surface area contributed by atoms with Crippen LogP contribution in [0.2, 0.25) is 0 Å². The Morgan fingerprint density at radius 1 is 1.26 bits per heavy atom. The molecule has 124 valence electrons. The van der Waals surface area contributed by atoms with E-state index in [-0.39, 0.29) is 17.2 Å². The summed E-state index contributed by atoms with van der Waals surface area (Å²) in [6.45, 7) is 1.58. The van der Waals surface area contributed by atoms with Crippen molar-refractivity contribution in [3.63, 3.8) is 0 Å². The first kappa shape index (κ1) is 17.1. The summed E-state index contributed by atoms with van der Waals surface area (Å²) in [4.78, 5) is 12.2. The van der Waals surface area contributed by atoms with E-state index in [9.17, 15) is 20.1 Å². The molecule has 1 amide bonds. The van der Waals surface area contributed by atoms with E-state index in [1.54, 1.807) is 19.1 Å². The number of aromatic hydroxyl groups is 2. The lowest BCUT2D eigenvalue weighted by atomic mass is 10.0. The van der Waals surface area contributed by atoms with Crippen LogP contribution in [-0.2, 0) is 9.53 Å². The molecule has 1 heterocycles. The maximum atomic E-state index is 12.2. The maximum absolute atomic E-state index is 12.2. The number of hydrogen-bond acceptors (Lipinski definition) is 5. The number of carbonyl (C=O) groups is 1. The number of hydrogen-bond donors (Lipinski definition) is 4. The number of aliphatic hydroxyl groups excluding tert-OH is 1. The van der Waals surface area contributed by atoms with Gasteiger partial charge >= 0.3 is 0 Å². The van der Waals surface area contributed by atoms with Gasteiger partial charge in [-0.15, -0.1) is 0 Å². The molecule has 2 bridgehead atoms. The fourth-order valence-corrected chi connectivity index (χ4v) is 2.36. The number of aliphatic hydroxyl groups is 1. The highest BCUT2D eigenvalue weighted by Crippen LogP contribution is 2.38. The fourth-order valence-electron chi connectivity index (χ4n) is 2.36. The van der Waals surface area contributed by atoms with Crippen LogP contribution >= 0.6 is 0 Å². The molecule has 0 fully saturated rings. The molecule has 0 aromatic heterocycles. The number of phenols is 2. The number of rotatable bonds is 1. The van der Waals surface area contributed by atoms with Gasteiger partial charge in [0.05, 0.1) is 23.8 Å². The Morgan fingerprint density at radius 2 is 2.00 bits per heavy atom. The summed E-state index contributed by atoms with van der Waals surface area (Å²) in [5, 5.41) is 32.8. The quantitative estimate of drug-likeness (QED) is 0.470. The van der Waals surface area contributed by atoms with Gasteiger partial charge < -0.3 is 25.4 Å². The molecule has 6 nitrogen and oxygen atoms in total. The smallest absolute Gasteiger partial charge is 0.230 e. The predicted molar refractivity (Wildman–Crippen MR) is 86.2 cm³/mol. The molecule has 23 heavy (non-hydrogen) atoms. The topological polar surface area (TPSA) is 99.0 Å². The van der Waals surface area contributed by atoms with Crippen LogP contribution in [0.5, 0.6) is 11.5 Å². The molecule has 4 N–H and O–H groups in total. The zero-order chi connectivity index (χ0) is 17.0. The SMILES string of the molecule is CO[C@@H]1CC=CC=C[C@@H](O)[C@@H](C)C(=O)Nc2cc(O)cc1c2O. The van der Waals surface area contributed by atoms with Crippen molar-refractivity contribution in [2.45, 2.75) is 25.6 Å². The molecule has 0 aliphatic carbocycles. The van der Waals surface area contributed by atoms with Gasteiger partial charge in [0, 0.05) is 18.7 Å². The van der Waals surface area contributed by atoms with Crippen LogP contribution in [0.25, 0.3) is 0 Å². The molecule has 3 atom stereocenters. The number of benzene rings is 1. The molecule has 1 aromatic rings. The number of fused-ring (bicyclic) bond motifs is 2. The van der Waals surface area contributed by atoms with E-state index in [1.807, 2.05) is 6.08 Å². The average Bonchev–Trinajstić information content (AvgIpc) is 2.52. The number of phenolic OH excluding ortho intramolecular Hbond substituents is 2. The molecule has 0 saturated heterocycles. The fraction of sp³-hybridized carbons (Fsp3) is 0.353. The Labute approximate surface area is 134 Å². The molecule has 1 aliphatic heterocycles. The van der Waals surface area contributed by atoms with Crippen LogP contribution in [0, 0.1) is 5.92 Å². The first-order chi connectivity index (χ1) is 10.9. The lowest BCUT2D eigenvalue weighted by Gasteiger charge is -2.20. The standard InChI is InChI=1S/C17H21NO5/c1-10-14(20)6-4-3-5-7-15(23-2)12-8-11(19)9-13(16(12)21)18-17(10)22/h3-6,8-10,14-15,19-21H,7H2,1-2H3,(H,18,22)/t10-,14-,15-/m1/s1. The number of methoxy groups -OCH3 is 1. The van der Waals surface area contributed by atoms with Crippen LogP contribution in [0.1, 0.15) is 25.0 Å². The van der Waals surface area contributed by atoms with E-state index >= 15 is 0 Å². The molecular weight excluding hydrogens is 298 g/mol. The molecule has 6 heteroatoms. The van der Waals surface area contributed by atoms with Gasteiger partial charge in [-0.3, -0.25) is 4.79 Å². The molecule has 1 aliphatic rings. The van der Waals surface area contributed by atoms with Crippen molar-refractivity contribution in [2.75, 3.05) is 12.4 Å². The molecular formula is C17H21NO5. The summed E-state index contributed by atoms with van der Waals surface area (Å²) in [5.41, 5.74) is 0.460. The monoisotopic (exact) mass is 319 g/mol. The minimum atomic E-state index is -0.961. The van der Waals surface area contributed by atoms with E-state index in [0.29, 0.717) is 12.0 Å². The van der Waals surface area contributed by atoms with Crippen LogP contribution in [0.15, 0.2) is 36.4 Å². The highest BCUT2D eigenvalue weighted by atomic mass is 16.5. The van der Waals surface area contributed by atoms with Gasteiger partial charge in [0.1, 0.15) is 11.5 Å². The van der Waals surface area contributed by atoms with Crippen LogP contribution in [0.3, 0.4) is 0 Å². The lowest BCUT2D eigenvalue weighted by Crippen LogP contribution is -2.29. The Bertz CT molecular complexity index is 638. The van der Waals surface area contributed by atoms with Crippen molar-refractivity contribution in [3.05, 3.63) is 42.0 Å². The van der Waals surface area contributed by atoms with Crippen molar-refractivity contribution in [3.8, 4) is 11.5 Å². The van der Waals surface area contributed by atoms with Crippen molar-refractivity contribution < 1.29 is 24.9 Å². The van der Waals surface area contributed by atoms with Crippen molar-refractivity contribution in [1.82, 2.24) is 0 Å². The van der Waals surface area contributed by atoms with Gasteiger partial charge in [-0.2, -0.15) is 0 Å². The summed E-state index contributed by atoms with van der Waals surface area (Å²) >= 11 is 0. The van der Waals surface area contributed by atoms with Crippen LogP contribution < -0.4 is 5.32 Å². The normalized spacial score (nSPS) is 25.2. The number of ether oxygens (including phenoxy) is 1. The lowest BCUT2D eigenvalue weighted by molar-refractivity contribution is -0.121. The second-order valence-corrected chi connectivity index (χ2v) is 5.47. The molecule has 1 aromatic carbocycles. The summed E-state index contributed by atoms with van der Waals surface area (Å²) in [5.74, 6) is -1.44.